The Balaban J connectivity index is 1.25. The molecule has 1 saturated carbocycles. The van der Waals surface area contributed by atoms with Crippen molar-refractivity contribution in [3.63, 3.8) is 0 Å². The molecule has 3 aliphatic rings. The summed E-state index contributed by atoms with van der Waals surface area (Å²) >= 11 is 1.41. The monoisotopic (exact) mass is 582 g/mol. The average molecular weight is 583 g/mol. The van der Waals surface area contributed by atoms with Crippen LogP contribution >= 0.6 is 11.8 Å². The topological polar surface area (TPSA) is 32.3 Å². The molecule has 1 aliphatic heterocycles. The van der Waals surface area contributed by atoms with Gasteiger partial charge in [-0.05, 0) is 79.3 Å². The summed E-state index contributed by atoms with van der Waals surface area (Å²) in [6.45, 7) is 3.64. The number of fused-ring (bicyclic) bond motifs is 2. The summed E-state index contributed by atoms with van der Waals surface area (Å²) in [5.41, 5.74) is -0.353. The first-order valence-electron chi connectivity index (χ1n) is 13.4. The van der Waals surface area contributed by atoms with Crippen LogP contribution in [0.2, 0.25) is 0 Å². The van der Waals surface area contributed by atoms with Gasteiger partial charge in [-0.3, -0.25) is 9.69 Å². The quantitative estimate of drug-likeness (QED) is 0.376. The van der Waals surface area contributed by atoms with Gasteiger partial charge in [-0.25, -0.2) is 0 Å². The molecular formula is C30H32F6N2OS. The molecule has 0 unspecified atom stereocenters. The van der Waals surface area contributed by atoms with Gasteiger partial charge in [0.05, 0.1) is 15.9 Å². The molecule has 1 saturated heterocycles. The maximum atomic E-state index is 13.4. The molecule has 2 aromatic rings. The number of nitrogens with one attached hydrogen (secondary N) is 1. The Hall–Kier alpha value is -2.46. The van der Waals surface area contributed by atoms with Crippen LogP contribution in [0, 0.1) is 5.92 Å². The van der Waals surface area contributed by atoms with Gasteiger partial charge in [0.15, 0.2) is 0 Å². The van der Waals surface area contributed by atoms with Crippen LogP contribution in [0.3, 0.4) is 0 Å². The third kappa shape index (κ3) is 5.29. The molecule has 1 amide bonds. The Bertz CT molecular complexity index is 1280. The minimum atomic E-state index is -4.93. The fourth-order valence-electron chi connectivity index (χ4n) is 6.80. The van der Waals surface area contributed by atoms with E-state index in [0.29, 0.717) is 30.9 Å². The third-order valence-electron chi connectivity index (χ3n) is 9.09. The first-order valence-corrected chi connectivity index (χ1v) is 14.6. The molecule has 1 N–H and O–H groups in total. The van der Waals surface area contributed by atoms with Crippen molar-refractivity contribution in [1.82, 2.24) is 10.2 Å². The lowest BCUT2D eigenvalue weighted by molar-refractivity contribution is -0.143. The maximum Gasteiger partial charge on any atom is 0.416 e. The minimum Gasteiger partial charge on any atom is -0.351 e. The van der Waals surface area contributed by atoms with Crippen LogP contribution in [-0.2, 0) is 29.1 Å². The van der Waals surface area contributed by atoms with Crippen molar-refractivity contribution in [2.24, 2.45) is 5.92 Å². The van der Waals surface area contributed by atoms with Crippen molar-refractivity contribution < 1.29 is 31.1 Å². The molecule has 1 spiro atoms. The normalized spacial score (nSPS) is 28.7. The van der Waals surface area contributed by atoms with Crippen LogP contribution < -0.4 is 5.32 Å². The van der Waals surface area contributed by atoms with E-state index >= 15 is 0 Å². The molecule has 5 rings (SSSR count). The first kappa shape index (κ1) is 29.0. The second-order valence-corrected chi connectivity index (χ2v) is 12.5. The number of rotatable bonds is 5. The Morgan fingerprint density at radius 2 is 1.73 bits per heavy atom. The van der Waals surface area contributed by atoms with E-state index in [1.54, 1.807) is 0 Å². The van der Waals surface area contributed by atoms with Gasteiger partial charge in [0.25, 0.3) is 0 Å². The van der Waals surface area contributed by atoms with Crippen LogP contribution in [-0.4, -0.2) is 40.9 Å². The minimum absolute atomic E-state index is 0.0138. The Kier molecular flexibility index (Phi) is 7.57. The van der Waals surface area contributed by atoms with Crippen molar-refractivity contribution in [3.05, 3.63) is 76.4 Å². The van der Waals surface area contributed by atoms with Gasteiger partial charge in [-0.2, -0.15) is 26.3 Å². The van der Waals surface area contributed by atoms with Crippen LogP contribution in [0.5, 0.6) is 0 Å². The molecule has 0 aromatic heterocycles. The third-order valence-corrected chi connectivity index (χ3v) is 10.4. The highest BCUT2D eigenvalue weighted by Gasteiger charge is 2.50. The Morgan fingerprint density at radius 3 is 2.35 bits per heavy atom. The van der Waals surface area contributed by atoms with Crippen LogP contribution in [0.1, 0.15) is 60.4 Å². The average Bonchev–Trinajstić information content (AvgIpc) is 3.52. The molecule has 2 aromatic carbocycles. The number of alkyl halides is 6. The zero-order chi connectivity index (χ0) is 28.9. The standard InChI is InChI=1S/C30H32F6N2OS/c1-19-18-38(12-11-27(19)9-7-21-5-3-4-6-25(21)27)24-8-10-28(16-24,40-2)26(39)37-17-20-13-22(29(31,32)33)15-23(14-20)30(34,35)36/h3-7,9,13-15,19,24H,8,10-12,16-18H2,1-2H3,(H,37,39)/t19-,24+,27+,28+/m0/s1. The number of halogens is 6. The lowest BCUT2D eigenvalue weighted by Gasteiger charge is -2.46. The van der Waals surface area contributed by atoms with E-state index in [1.807, 2.05) is 6.26 Å². The van der Waals surface area contributed by atoms with Crippen LogP contribution in [0.25, 0.3) is 6.08 Å². The number of likely N-dealkylation sites (tertiary alicyclic amines) is 1. The Morgan fingerprint density at radius 1 is 1.05 bits per heavy atom. The molecule has 216 valence electrons. The molecule has 40 heavy (non-hydrogen) atoms. The summed E-state index contributed by atoms with van der Waals surface area (Å²) in [6, 6.07) is 10.1. The van der Waals surface area contributed by atoms with E-state index in [-0.39, 0.29) is 29.0 Å². The van der Waals surface area contributed by atoms with Crippen molar-refractivity contribution in [1.29, 1.82) is 0 Å². The van der Waals surface area contributed by atoms with Gasteiger partial charge < -0.3 is 5.32 Å². The van der Waals surface area contributed by atoms with E-state index in [4.69, 9.17) is 0 Å². The van der Waals surface area contributed by atoms with Crippen molar-refractivity contribution in [3.8, 4) is 0 Å². The number of thioether (sulfide) groups is 1. The summed E-state index contributed by atoms with van der Waals surface area (Å²) in [5.74, 6) is 0.0330. The molecular weight excluding hydrogens is 550 g/mol. The first-order chi connectivity index (χ1) is 18.8. The molecule has 2 aliphatic carbocycles. The summed E-state index contributed by atoms with van der Waals surface area (Å²) < 4.78 is 78.7. The van der Waals surface area contributed by atoms with E-state index < -0.39 is 34.8 Å². The fraction of sp³-hybridized carbons (Fsp3) is 0.500. The number of hydrogen-bond acceptors (Lipinski definition) is 3. The number of piperidine rings is 1. The van der Waals surface area contributed by atoms with Crippen molar-refractivity contribution in [2.75, 3.05) is 19.3 Å². The predicted octanol–water partition coefficient (Wildman–Crippen LogP) is 7.30. The number of carbonyl (C=O) groups is 1. The van der Waals surface area contributed by atoms with E-state index in [0.717, 1.165) is 25.9 Å². The van der Waals surface area contributed by atoms with Crippen LogP contribution in [0.4, 0.5) is 26.3 Å². The van der Waals surface area contributed by atoms with Gasteiger partial charge in [-0.1, -0.05) is 43.3 Å². The smallest absolute Gasteiger partial charge is 0.351 e. The lowest BCUT2D eigenvalue weighted by Crippen LogP contribution is -2.51. The van der Waals surface area contributed by atoms with Gasteiger partial charge in [0, 0.05) is 24.5 Å². The second kappa shape index (κ2) is 10.4. The molecule has 10 heteroatoms. The predicted molar refractivity (Wildman–Crippen MR) is 145 cm³/mol. The molecule has 0 bridgehead atoms. The van der Waals surface area contributed by atoms with Gasteiger partial charge in [-0.15, -0.1) is 11.8 Å². The van der Waals surface area contributed by atoms with E-state index in [9.17, 15) is 31.1 Å². The second-order valence-electron chi connectivity index (χ2n) is 11.3. The zero-order valence-electron chi connectivity index (χ0n) is 22.3. The molecule has 3 nitrogen and oxygen atoms in total. The Labute approximate surface area is 234 Å². The number of carbonyl (C=O) groups excluding carboxylic acids is 1. The van der Waals surface area contributed by atoms with Gasteiger partial charge in [0.2, 0.25) is 5.91 Å². The number of allylic oxidation sites excluding steroid dienone is 1. The van der Waals surface area contributed by atoms with Gasteiger partial charge >= 0.3 is 12.4 Å². The molecule has 4 atom stereocenters. The fourth-order valence-corrected chi connectivity index (χ4v) is 7.74. The number of benzene rings is 2. The maximum absolute atomic E-state index is 13.4. The largest absolute Gasteiger partial charge is 0.416 e. The summed E-state index contributed by atoms with van der Waals surface area (Å²) in [7, 11) is 0. The highest BCUT2D eigenvalue weighted by Crippen LogP contribution is 2.49. The van der Waals surface area contributed by atoms with E-state index in [2.05, 4.69) is 53.6 Å². The molecule has 0 radical (unpaired) electrons. The molecule has 2 fully saturated rings. The van der Waals surface area contributed by atoms with E-state index in [1.165, 1.54) is 22.9 Å². The molecule has 1 heterocycles. The number of amides is 1. The SMILES string of the molecule is CS[C@]1(C(=O)NCc2cc(C(F)(F)F)cc(C(F)(F)F)c2)CC[C@@H](N2CC[C@]3(C=Cc4ccccc43)[C@@H](C)C2)C1. The van der Waals surface area contributed by atoms with Crippen molar-refractivity contribution in [2.45, 2.75) is 67.7 Å². The van der Waals surface area contributed by atoms with Crippen LogP contribution in [0.15, 0.2) is 48.5 Å². The number of hydrogen-bond donors (Lipinski definition) is 1. The van der Waals surface area contributed by atoms with Crippen molar-refractivity contribution >= 4 is 23.7 Å². The summed E-state index contributed by atoms with van der Waals surface area (Å²) in [5, 5.41) is 2.65. The summed E-state index contributed by atoms with van der Waals surface area (Å²) in [4.78, 5) is 15.8. The highest BCUT2D eigenvalue weighted by molar-refractivity contribution is 8.00. The lowest BCUT2D eigenvalue weighted by atomic mass is 9.68. The zero-order valence-corrected chi connectivity index (χ0v) is 23.1. The highest BCUT2D eigenvalue weighted by atomic mass is 32.2. The summed E-state index contributed by atoms with van der Waals surface area (Å²) in [6.07, 6.45) is -0.506. The number of nitrogens with zero attached hydrogens (tertiary/aromatic N) is 1. The van der Waals surface area contributed by atoms with Gasteiger partial charge in [0.1, 0.15) is 0 Å².